The van der Waals surface area contributed by atoms with Gasteiger partial charge in [-0.25, -0.2) is 0 Å². The van der Waals surface area contributed by atoms with E-state index in [2.05, 4.69) is 41.7 Å². The van der Waals surface area contributed by atoms with Crippen molar-refractivity contribution >= 4 is 10.8 Å². The normalized spacial score (nSPS) is 26.4. The van der Waals surface area contributed by atoms with Crippen molar-refractivity contribution in [1.29, 1.82) is 0 Å². The molecule has 17 heavy (non-hydrogen) atoms. The molecule has 1 fully saturated rings. The van der Waals surface area contributed by atoms with E-state index >= 15 is 0 Å². The minimum atomic E-state index is 0.642. The van der Waals surface area contributed by atoms with Crippen molar-refractivity contribution in [3.63, 3.8) is 0 Å². The van der Waals surface area contributed by atoms with Gasteiger partial charge in [-0.2, -0.15) is 0 Å². The second kappa shape index (κ2) is 3.47. The zero-order valence-electron chi connectivity index (χ0n) is 9.65. The number of ether oxygens (including phenoxy) is 1. The average Bonchev–Trinajstić information content (AvgIpc) is 2.86. The maximum atomic E-state index is 6.01. The van der Waals surface area contributed by atoms with Gasteiger partial charge in [0.05, 0.1) is 6.61 Å². The van der Waals surface area contributed by atoms with Gasteiger partial charge in [-0.3, -0.25) is 0 Å². The first-order valence-corrected chi connectivity index (χ1v) is 6.28. The van der Waals surface area contributed by atoms with Crippen molar-refractivity contribution in [3.05, 3.63) is 42.0 Å². The fourth-order valence-electron chi connectivity index (χ4n) is 3.18. The molecule has 0 aromatic heterocycles. The average molecular weight is 225 g/mol. The third kappa shape index (κ3) is 1.31. The summed E-state index contributed by atoms with van der Waals surface area (Å²) in [6.45, 7) is 3.05. The molecule has 4 rings (SSSR count). The Morgan fingerprint density at radius 2 is 2.00 bits per heavy atom. The van der Waals surface area contributed by atoms with Crippen LogP contribution in [0.25, 0.3) is 10.8 Å². The molecule has 1 N–H and O–H groups in total. The van der Waals surface area contributed by atoms with Crippen molar-refractivity contribution in [2.75, 3.05) is 19.7 Å². The Bertz CT molecular complexity index is 578. The summed E-state index contributed by atoms with van der Waals surface area (Å²) in [7, 11) is 0. The summed E-state index contributed by atoms with van der Waals surface area (Å²) < 4.78 is 6.01. The van der Waals surface area contributed by atoms with Crippen LogP contribution in [0, 0.1) is 5.92 Å². The third-order valence-electron chi connectivity index (χ3n) is 4.09. The van der Waals surface area contributed by atoms with Crippen LogP contribution in [0.5, 0.6) is 5.75 Å². The minimum Gasteiger partial charge on any atom is -0.492 e. The summed E-state index contributed by atoms with van der Waals surface area (Å²) in [6, 6.07) is 13.0. The van der Waals surface area contributed by atoms with E-state index in [4.69, 9.17) is 4.74 Å². The number of hydrogen-bond donors (Lipinski definition) is 1. The summed E-state index contributed by atoms with van der Waals surface area (Å²) >= 11 is 0. The molecule has 2 aliphatic heterocycles. The van der Waals surface area contributed by atoms with E-state index in [9.17, 15) is 0 Å². The van der Waals surface area contributed by atoms with E-state index in [-0.39, 0.29) is 0 Å². The molecule has 0 unspecified atom stereocenters. The number of nitrogens with one attached hydrogen (secondary N) is 1. The van der Waals surface area contributed by atoms with Gasteiger partial charge in [-0.15, -0.1) is 0 Å². The van der Waals surface area contributed by atoms with E-state index in [1.54, 1.807) is 0 Å². The summed E-state index contributed by atoms with van der Waals surface area (Å²) in [5.41, 5.74) is 1.39. The Morgan fingerprint density at radius 3 is 3.00 bits per heavy atom. The van der Waals surface area contributed by atoms with Gasteiger partial charge in [-0.1, -0.05) is 36.4 Å². The minimum absolute atomic E-state index is 0.642. The number of rotatable bonds is 0. The first-order chi connectivity index (χ1) is 8.43. The van der Waals surface area contributed by atoms with Gasteiger partial charge in [0.2, 0.25) is 0 Å². The Hall–Kier alpha value is -1.54. The molecule has 0 bridgehead atoms. The highest BCUT2D eigenvalue weighted by Gasteiger charge is 2.35. The fourth-order valence-corrected chi connectivity index (χ4v) is 3.18. The SMILES string of the molecule is c1ccc2c3c(ccc2c1)[C@H]1CNC[C@H]1CO3. The molecule has 0 amide bonds. The maximum Gasteiger partial charge on any atom is 0.130 e. The lowest BCUT2D eigenvalue weighted by atomic mass is 9.85. The molecule has 2 aromatic carbocycles. The summed E-state index contributed by atoms with van der Waals surface area (Å²) in [6.07, 6.45) is 0. The van der Waals surface area contributed by atoms with E-state index in [0.29, 0.717) is 11.8 Å². The van der Waals surface area contributed by atoms with Crippen molar-refractivity contribution in [3.8, 4) is 5.75 Å². The van der Waals surface area contributed by atoms with Crippen molar-refractivity contribution in [1.82, 2.24) is 5.32 Å². The Balaban J connectivity index is 1.97. The van der Waals surface area contributed by atoms with Gasteiger partial charge < -0.3 is 10.1 Å². The molecule has 86 valence electrons. The van der Waals surface area contributed by atoms with E-state index < -0.39 is 0 Å². The summed E-state index contributed by atoms with van der Waals surface area (Å²) in [5, 5.41) is 6.01. The smallest absolute Gasteiger partial charge is 0.130 e. The van der Waals surface area contributed by atoms with Crippen molar-refractivity contribution in [2.24, 2.45) is 5.92 Å². The van der Waals surface area contributed by atoms with Gasteiger partial charge >= 0.3 is 0 Å². The number of benzene rings is 2. The second-order valence-electron chi connectivity index (χ2n) is 5.04. The fraction of sp³-hybridized carbons (Fsp3) is 0.333. The lowest BCUT2D eigenvalue weighted by Gasteiger charge is -2.28. The Labute approximate surface area is 101 Å². The van der Waals surface area contributed by atoms with Crippen LogP contribution in [0.15, 0.2) is 36.4 Å². The molecule has 0 radical (unpaired) electrons. The summed E-state index contributed by atoms with van der Waals surface area (Å²) in [4.78, 5) is 0. The van der Waals surface area contributed by atoms with Crippen LogP contribution in [0.2, 0.25) is 0 Å². The molecule has 0 saturated carbocycles. The first-order valence-electron chi connectivity index (χ1n) is 6.28. The van der Waals surface area contributed by atoms with Crippen LogP contribution >= 0.6 is 0 Å². The standard InChI is InChI=1S/C15H15NO/c1-2-4-12-10(3-1)5-6-13-14-8-16-7-11(14)9-17-15(12)13/h1-6,11,14,16H,7-9H2/t11-,14-/m0/s1. The second-order valence-corrected chi connectivity index (χ2v) is 5.04. The Kier molecular flexibility index (Phi) is 1.94. The monoisotopic (exact) mass is 225 g/mol. The van der Waals surface area contributed by atoms with Gasteiger partial charge in [0.1, 0.15) is 5.75 Å². The largest absolute Gasteiger partial charge is 0.492 e. The molecule has 2 nitrogen and oxygen atoms in total. The van der Waals surface area contributed by atoms with Gasteiger partial charge in [0.15, 0.2) is 0 Å². The molecule has 0 spiro atoms. The van der Waals surface area contributed by atoms with Crippen LogP contribution in [-0.4, -0.2) is 19.7 Å². The number of hydrogen-bond acceptors (Lipinski definition) is 2. The highest BCUT2D eigenvalue weighted by atomic mass is 16.5. The van der Waals surface area contributed by atoms with Crippen LogP contribution in [0.1, 0.15) is 11.5 Å². The van der Waals surface area contributed by atoms with E-state index in [1.807, 2.05) is 0 Å². The molecule has 1 saturated heterocycles. The molecule has 2 heteroatoms. The predicted molar refractivity (Wildman–Crippen MR) is 68.5 cm³/mol. The molecular weight excluding hydrogens is 210 g/mol. The highest BCUT2D eigenvalue weighted by molar-refractivity contribution is 5.90. The third-order valence-corrected chi connectivity index (χ3v) is 4.09. The zero-order valence-corrected chi connectivity index (χ0v) is 9.65. The molecule has 2 aliphatic rings. The molecule has 2 aromatic rings. The lowest BCUT2D eigenvalue weighted by Crippen LogP contribution is -2.24. The first kappa shape index (κ1) is 9.49. The zero-order chi connectivity index (χ0) is 11.2. The lowest BCUT2D eigenvalue weighted by molar-refractivity contribution is 0.222. The molecule has 2 heterocycles. The van der Waals surface area contributed by atoms with Gasteiger partial charge in [0.25, 0.3) is 0 Å². The van der Waals surface area contributed by atoms with E-state index in [0.717, 1.165) is 25.4 Å². The summed E-state index contributed by atoms with van der Waals surface area (Å²) in [5.74, 6) is 2.42. The van der Waals surface area contributed by atoms with Crippen LogP contribution in [0.3, 0.4) is 0 Å². The van der Waals surface area contributed by atoms with Crippen LogP contribution in [-0.2, 0) is 0 Å². The van der Waals surface area contributed by atoms with Crippen LogP contribution in [0.4, 0.5) is 0 Å². The molecular formula is C15H15NO. The van der Waals surface area contributed by atoms with Crippen LogP contribution < -0.4 is 10.1 Å². The van der Waals surface area contributed by atoms with E-state index in [1.165, 1.54) is 16.3 Å². The van der Waals surface area contributed by atoms with Gasteiger partial charge in [-0.05, 0) is 10.9 Å². The Morgan fingerprint density at radius 1 is 1.06 bits per heavy atom. The highest BCUT2D eigenvalue weighted by Crippen LogP contribution is 2.42. The number of fused-ring (bicyclic) bond motifs is 5. The quantitative estimate of drug-likeness (QED) is 0.744. The van der Waals surface area contributed by atoms with Crippen molar-refractivity contribution in [2.45, 2.75) is 5.92 Å². The topological polar surface area (TPSA) is 21.3 Å². The van der Waals surface area contributed by atoms with Crippen molar-refractivity contribution < 1.29 is 4.74 Å². The van der Waals surface area contributed by atoms with Gasteiger partial charge in [0, 0.05) is 30.3 Å². The molecule has 2 atom stereocenters. The maximum absolute atomic E-state index is 6.01. The predicted octanol–water partition coefficient (Wildman–Crippen LogP) is 2.54. The molecule has 0 aliphatic carbocycles.